The van der Waals surface area contributed by atoms with Gasteiger partial charge in [-0.25, -0.2) is 0 Å². The average Bonchev–Trinajstić information content (AvgIpc) is 2.72. The number of nitrogens with zero attached hydrogens (tertiary/aromatic N) is 1. The number of anilines is 1. The van der Waals surface area contributed by atoms with E-state index in [-0.39, 0.29) is 0 Å². The van der Waals surface area contributed by atoms with Crippen molar-refractivity contribution in [3.05, 3.63) is 41.8 Å². The third-order valence-corrected chi connectivity index (χ3v) is 3.25. The molecule has 1 aromatic heterocycles. The summed E-state index contributed by atoms with van der Waals surface area (Å²) in [4.78, 5) is 1.19. The Labute approximate surface area is 92.6 Å². The van der Waals surface area contributed by atoms with Crippen molar-refractivity contribution in [3.8, 4) is 0 Å². The number of thioether (sulfide) groups is 1. The quantitative estimate of drug-likeness (QED) is 0.638. The maximum Gasteiger partial charge on any atom is 0.146 e. The van der Waals surface area contributed by atoms with Gasteiger partial charge in [-0.2, -0.15) is 0 Å². The van der Waals surface area contributed by atoms with E-state index < -0.39 is 0 Å². The normalized spacial score (nSPS) is 10.5. The molecule has 0 amide bonds. The summed E-state index contributed by atoms with van der Waals surface area (Å²) in [7, 11) is 0. The molecule has 0 aliphatic rings. The molecule has 3 nitrogen and oxygen atoms in total. The van der Waals surface area contributed by atoms with Crippen LogP contribution in [-0.2, 0) is 5.75 Å². The highest BCUT2D eigenvalue weighted by Gasteiger charge is 2.02. The Morgan fingerprint density at radius 2 is 2.27 bits per heavy atom. The predicted molar refractivity (Wildman–Crippen MR) is 61.7 cm³/mol. The first-order valence-electron chi connectivity index (χ1n) is 4.64. The molecule has 2 rings (SSSR count). The van der Waals surface area contributed by atoms with E-state index in [1.807, 2.05) is 24.3 Å². The van der Waals surface area contributed by atoms with Gasteiger partial charge in [-0.15, -0.1) is 11.8 Å². The van der Waals surface area contributed by atoms with E-state index in [0.717, 1.165) is 17.2 Å². The molecule has 0 saturated carbocycles. The van der Waals surface area contributed by atoms with Crippen LogP contribution in [0.5, 0.6) is 0 Å². The number of nitrogens with two attached hydrogens (primary N) is 1. The Hall–Kier alpha value is -1.42. The number of aromatic nitrogens is 1. The van der Waals surface area contributed by atoms with Gasteiger partial charge in [0.25, 0.3) is 0 Å². The van der Waals surface area contributed by atoms with Gasteiger partial charge in [0.15, 0.2) is 0 Å². The Morgan fingerprint density at radius 3 is 3.00 bits per heavy atom. The molecule has 78 valence electrons. The van der Waals surface area contributed by atoms with E-state index in [1.165, 1.54) is 10.5 Å². The largest absolute Gasteiger partial charge is 0.399 e. The van der Waals surface area contributed by atoms with E-state index in [9.17, 15) is 0 Å². The van der Waals surface area contributed by atoms with E-state index in [1.54, 1.807) is 18.0 Å². The molecule has 0 aliphatic heterocycles. The first kappa shape index (κ1) is 10.1. The summed E-state index contributed by atoms with van der Waals surface area (Å²) < 4.78 is 5.02. The minimum Gasteiger partial charge on any atom is -0.399 e. The van der Waals surface area contributed by atoms with Crippen LogP contribution in [-0.4, -0.2) is 5.16 Å². The van der Waals surface area contributed by atoms with Crippen molar-refractivity contribution in [1.82, 2.24) is 5.16 Å². The summed E-state index contributed by atoms with van der Waals surface area (Å²) in [5.41, 5.74) is 7.75. The Morgan fingerprint density at radius 1 is 1.40 bits per heavy atom. The molecular formula is C11H12N2OS. The third kappa shape index (κ3) is 2.53. The first-order valence-corrected chi connectivity index (χ1v) is 5.63. The molecule has 4 heteroatoms. The topological polar surface area (TPSA) is 52.0 Å². The fourth-order valence-electron chi connectivity index (χ4n) is 1.24. The van der Waals surface area contributed by atoms with E-state index in [4.69, 9.17) is 10.3 Å². The maximum absolute atomic E-state index is 5.73. The van der Waals surface area contributed by atoms with Gasteiger partial charge in [-0.05, 0) is 24.6 Å². The molecule has 0 atom stereocenters. The number of hydrogen-bond acceptors (Lipinski definition) is 4. The van der Waals surface area contributed by atoms with Gasteiger partial charge in [0.2, 0.25) is 0 Å². The summed E-state index contributed by atoms with van der Waals surface area (Å²) >= 11 is 1.71. The lowest BCUT2D eigenvalue weighted by Crippen LogP contribution is -1.87. The molecule has 0 spiro atoms. The minimum absolute atomic E-state index is 0.782. The summed E-state index contributed by atoms with van der Waals surface area (Å²) in [6.45, 7) is 2.07. The second-order valence-electron chi connectivity index (χ2n) is 3.29. The molecule has 1 aromatic carbocycles. The zero-order valence-corrected chi connectivity index (χ0v) is 9.25. The van der Waals surface area contributed by atoms with Crippen LogP contribution in [0.15, 0.2) is 39.9 Å². The van der Waals surface area contributed by atoms with Crippen molar-refractivity contribution in [2.75, 3.05) is 5.73 Å². The molecule has 0 fully saturated rings. The average molecular weight is 220 g/mol. The lowest BCUT2D eigenvalue weighted by atomic mass is 10.2. The van der Waals surface area contributed by atoms with Crippen molar-refractivity contribution < 1.29 is 4.52 Å². The van der Waals surface area contributed by atoms with Crippen LogP contribution in [0.1, 0.15) is 11.3 Å². The molecule has 0 radical (unpaired) electrons. The fourth-order valence-corrected chi connectivity index (χ4v) is 2.20. The van der Waals surface area contributed by atoms with Crippen LogP contribution in [0.25, 0.3) is 0 Å². The van der Waals surface area contributed by atoms with Crippen molar-refractivity contribution in [3.63, 3.8) is 0 Å². The zero-order chi connectivity index (χ0) is 10.7. The SMILES string of the molecule is Cc1ccc(N)cc1SCc1ccno1. The van der Waals surface area contributed by atoms with Crippen LogP contribution in [0.3, 0.4) is 0 Å². The van der Waals surface area contributed by atoms with E-state index in [0.29, 0.717) is 0 Å². The molecule has 2 aromatic rings. The monoisotopic (exact) mass is 220 g/mol. The number of benzene rings is 1. The summed E-state index contributed by atoms with van der Waals surface area (Å²) in [5.74, 6) is 1.66. The Balaban J connectivity index is 2.07. The summed E-state index contributed by atoms with van der Waals surface area (Å²) in [5, 5.41) is 3.66. The number of hydrogen-bond donors (Lipinski definition) is 1. The number of aryl methyl sites for hydroxylation is 1. The Kier molecular flexibility index (Phi) is 2.97. The molecule has 0 unspecified atom stereocenters. The predicted octanol–water partition coefficient (Wildman–Crippen LogP) is 2.86. The van der Waals surface area contributed by atoms with E-state index in [2.05, 4.69) is 12.1 Å². The van der Waals surface area contributed by atoms with Crippen LogP contribution >= 0.6 is 11.8 Å². The summed E-state index contributed by atoms with van der Waals surface area (Å²) in [6, 6.07) is 7.79. The van der Waals surface area contributed by atoms with Gasteiger partial charge in [0.1, 0.15) is 5.76 Å². The fraction of sp³-hybridized carbons (Fsp3) is 0.182. The molecule has 0 aliphatic carbocycles. The number of rotatable bonds is 3. The highest BCUT2D eigenvalue weighted by atomic mass is 32.2. The van der Waals surface area contributed by atoms with Crippen molar-refractivity contribution in [2.24, 2.45) is 0 Å². The van der Waals surface area contributed by atoms with Gasteiger partial charge in [0, 0.05) is 16.6 Å². The Bertz CT molecular complexity index is 440. The molecule has 15 heavy (non-hydrogen) atoms. The van der Waals surface area contributed by atoms with Crippen LogP contribution < -0.4 is 5.73 Å². The first-order chi connectivity index (χ1) is 7.25. The van der Waals surface area contributed by atoms with Crippen LogP contribution in [0.4, 0.5) is 5.69 Å². The highest BCUT2D eigenvalue weighted by molar-refractivity contribution is 7.98. The van der Waals surface area contributed by atoms with Gasteiger partial charge in [-0.3, -0.25) is 0 Å². The van der Waals surface area contributed by atoms with Gasteiger partial charge in [-0.1, -0.05) is 11.2 Å². The smallest absolute Gasteiger partial charge is 0.146 e. The van der Waals surface area contributed by atoms with E-state index >= 15 is 0 Å². The molecule has 0 bridgehead atoms. The second kappa shape index (κ2) is 4.40. The number of nitrogen functional groups attached to an aromatic ring is 1. The molecule has 1 heterocycles. The second-order valence-corrected chi connectivity index (χ2v) is 4.31. The van der Waals surface area contributed by atoms with Crippen molar-refractivity contribution in [2.45, 2.75) is 17.6 Å². The van der Waals surface area contributed by atoms with Crippen LogP contribution in [0, 0.1) is 6.92 Å². The zero-order valence-electron chi connectivity index (χ0n) is 8.43. The van der Waals surface area contributed by atoms with Gasteiger partial charge >= 0.3 is 0 Å². The standard InChI is InChI=1S/C11H12N2OS/c1-8-2-3-9(12)6-11(8)15-7-10-4-5-13-14-10/h2-6H,7,12H2,1H3. The highest BCUT2D eigenvalue weighted by Crippen LogP contribution is 2.27. The molecule has 0 saturated heterocycles. The molecule has 2 N–H and O–H groups in total. The minimum atomic E-state index is 0.782. The third-order valence-electron chi connectivity index (χ3n) is 2.07. The van der Waals surface area contributed by atoms with Crippen molar-refractivity contribution >= 4 is 17.4 Å². The lowest BCUT2D eigenvalue weighted by Gasteiger charge is -2.04. The van der Waals surface area contributed by atoms with Gasteiger partial charge < -0.3 is 10.3 Å². The van der Waals surface area contributed by atoms with Gasteiger partial charge in [0.05, 0.1) is 11.9 Å². The van der Waals surface area contributed by atoms with Crippen LogP contribution in [0.2, 0.25) is 0 Å². The van der Waals surface area contributed by atoms with Crippen molar-refractivity contribution in [1.29, 1.82) is 0 Å². The summed E-state index contributed by atoms with van der Waals surface area (Å²) in [6.07, 6.45) is 1.65. The lowest BCUT2D eigenvalue weighted by molar-refractivity contribution is 0.395. The molecular weight excluding hydrogens is 208 g/mol. The maximum atomic E-state index is 5.73.